The van der Waals surface area contributed by atoms with E-state index in [4.69, 9.17) is 14.2 Å². The molecule has 0 saturated carbocycles. The first-order chi connectivity index (χ1) is 15.0. The lowest BCUT2D eigenvalue weighted by Gasteiger charge is -2.35. The second kappa shape index (κ2) is 10.9. The van der Waals surface area contributed by atoms with Crippen molar-refractivity contribution in [2.45, 2.75) is 19.9 Å². The second-order valence-electron chi connectivity index (χ2n) is 7.20. The van der Waals surface area contributed by atoms with Gasteiger partial charge in [0.2, 0.25) is 0 Å². The zero-order chi connectivity index (χ0) is 22.2. The Morgan fingerprint density at radius 2 is 1.87 bits per heavy atom. The van der Waals surface area contributed by atoms with Crippen LogP contribution in [-0.4, -0.2) is 68.3 Å². The lowest BCUT2D eigenvalue weighted by molar-refractivity contribution is 0.0162. The molecule has 0 spiro atoms. The van der Waals surface area contributed by atoms with Crippen LogP contribution in [0.15, 0.2) is 36.4 Å². The van der Waals surface area contributed by atoms with E-state index >= 15 is 0 Å². The van der Waals surface area contributed by atoms with Gasteiger partial charge in [0.15, 0.2) is 0 Å². The van der Waals surface area contributed by atoms with Crippen LogP contribution >= 0.6 is 0 Å². The molecule has 1 N–H and O–H groups in total. The van der Waals surface area contributed by atoms with E-state index in [1.54, 1.807) is 33.1 Å². The summed E-state index contributed by atoms with van der Waals surface area (Å²) in [5, 5.41) is 2.99. The van der Waals surface area contributed by atoms with E-state index in [1.165, 1.54) is 0 Å². The van der Waals surface area contributed by atoms with Crippen LogP contribution in [0.5, 0.6) is 5.75 Å². The highest BCUT2D eigenvalue weighted by atomic mass is 16.5. The molecule has 0 aliphatic carbocycles. The molecule has 8 nitrogen and oxygen atoms in total. The van der Waals surface area contributed by atoms with E-state index in [0.29, 0.717) is 31.0 Å². The van der Waals surface area contributed by atoms with Crippen molar-refractivity contribution in [1.29, 1.82) is 0 Å². The van der Waals surface area contributed by atoms with Crippen molar-refractivity contribution in [2.75, 3.05) is 46.6 Å². The van der Waals surface area contributed by atoms with Crippen LogP contribution < -0.4 is 10.1 Å². The minimum absolute atomic E-state index is 0.00124. The molecule has 1 amide bonds. The van der Waals surface area contributed by atoms with Crippen molar-refractivity contribution < 1.29 is 23.8 Å². The third-order valence-corrected chi connectivity index (χ3v) is 5.26. The van der Waals surface area contributed by atoms with Crippen LogP contribution in [-0.2, 0) is 9.47 Å². The number of nitrogens with zero attached hydrogens (tertiary/aromatic N) is 2. The average Bonchev–Trinajstić information content (AvgIpc) is 2.80. The number of hydrogen-bond acceptors (Lipinski definition) is 7. The van der Waals surface area contributed by atoms with Gasteiger partial charge >= 0.3 is 5.97 Å². The summed E-state index contributed by atoms with van der Waals surface area (Å²) in [6.45, 7) is 7.05. The Morgan fingerprint density at radius 1 is 1.16 bits per heavy atom. The molecule has 2 aromatic rings. The summed E-state index contributed by atoms with van der Waals surface area (Å²) in [7, 11) is 1.64. The lowest BCUT2D eigenvalue weighted by Crippen LogP contribution is -2.44. The summed E-state index contributed by atoms with van der Waals surface area (Å²) in [6, 6.07) is 11.0. The highest BCUT2D eigenvalue weighted by Crippen LogP contribution is 2.24. The molecule has 31 heavy (non-hydrogen) atoms. The monoisotopic (exact) mass is 427 g/mol. The van der Waals surface area contributed by atoms with Crippen molar-refractivity contribution in [3.05, 3.63) is 58.9 Å². The van der Waals surface area contributed by atoms with Gasteiger partial charge in [0.05, 0.1) is 44.2 Å². The molecule has 166 valence electrons. The van der Waals surface area contributed by atoms with Crippen LogP contribution in [0.3, 0.4) is 0 Å². The molecule has 8 heteroatoms. The molecule has 3 rings (SSSR count). The summed E-state index contributed by atoms with van der Waals surface area (Å²) < 4.78 is 15.8. The van der Waals surface area contributed by atoms with Crippen molar-refractivity contribution >= 4 is 11.9 Å². The smallest absolute Gasteiger partial charge is 0.339 e. The summed E-state index contributed by atoms with van der Waals surface area (Å²) in [6.07, 6.45) is 0. The fourth-order valence-corrected chi connectivity index (χ4v) is 3.56. The maximum Gasteiger partial charge on any atom is 0.339 e. The van der Waals surface area contributed by atoms with Crippen molar-refractivity contribution in [2.24, 2.45) is 0 Å². The number of carbonyl (C=O) groups excluding carboxylic acids is 2. The second-order valence-corrected chi connectivity index (χ2v) is 7.20. The highest BCUT2D eigenvalue weighted by Gasteiger charge is 2.24. The Labute approximate surface area is 182 Å². The highest BCUT2D eigenvalue weighted by molar-refractivity contribution is 5.95. The molecule has 1 aromatic heterocycles. The molecular formula is C23H29N3O5. The number of amides is 1. The number of nitrogens with one attached hydrogen (secondary N) is 1. The quantitative estimate of drug-likeness (QED) is 0.647. The van der Waals surface area contributed by atoms with Gasteiger partial charge in [-0.25, -0.2) is 9.78 Å². The van der Waals surface area contributed by atoms with E-state index in [2.05, 4.69) is 15.2 Å². The van der Waals surface area contributed by atoms with Gasteiger partial charge in [0.25, 0.3) is 5.91 Å². The summed E-state index contributed by atoms with van der Waals surface area (Å²) >= 11 is 0. The van der Waals surface area contributed by atoms with E-state index < -0.39 is 5.97 Å². The van der Waals surface area contributed by atoms with Gasteiger partial charge in [-0.05, 0) is 43.7 Å². The lowest BCUT2D eigenvalue weighted by atomic mass is 10.0. The first-order valence-electron chi connectivity index (χ1n) is 10.4. The standard InChI is InChI=1S/C23H29N3O5/c1-4-31-23(28)19-9-10-20(25-16(19)2)22(27)24-15-21(26-11-13-30-14-12-26)17-5-7-18(29-3)8-6-17/h5-10,21H,4,11-15H2,1-3H3,(H,24,27). The predicted octanol–water partition coefficient (Wildman–Crippen LogP) is 2.38. The Hall–Kier alpha value is -2.97. The number of pyridine rings is 1. The number of carbonyl (C=O) groups is 2. The Balaban J connectivity index is 1.72. The molecule has 0 bridgehead atoms. The summed E-state index contributed by atoms with van der Waals surface area (Å²) in [5.74, 6) is 0.0616. The number of aryl methyl sites for hydroxylation is 1. The Kier molecular flexibility index (Phi) is 7.97. The van der Waals surface area contributed by atoms with E-state index in [0.717, 1.165) is 24.4 Å². The van der Waals surface area contributed by atoms with Crippen LogP contribution in [0, 0.1) is 6.92 Å². The fourth-order valence-electron chi connectivity index (χ4n) is 3.56. The molecular weight excluding hydrogens is 398 g/mol. The minimum Gasteiger partial charge on any atom is -0.497 e. The van der Waals surface area contributed by atoms with Crippen molar-refractivity contribution in [3.8, 4) is 5.75 Å². The van der Waals surface area contributed by atoms with Gasteiger partial charge in [-0.15, -0.1) is 0 Å². The minimum atomic E-state index is -0.439. The van der Waals surface area contributed by atoms with Gasteiger partial charge in [-0.2, -0.15) is 0 Å². The molecule has 0 radical (unpaired) electrons. The van der Waals surface area contributed by atoms with Crippen molar-refractivity contribution in [1.82, 2.24) is 15.2 Å². The molecule has 1 unspecified atom stereocenters. The molecule has 1 aliphatic rings. The Morgan fingerprint density at radius 3 is 2.48 bits per heavy atom. The Bertz CT molecular complexity index is 895. The third-order valence-electron chi connectivity index (χ3n) is 5.26. The van der Waals surface area contributed by atoms with Crippen LogP contribution in [0.2, 0.25) is 0 Å². The van der Waals surface area contributed by atoms with Gasteiger partial charge in [0.1, 0.15) is 11.4 Å². The van der Waals surface area contributed by atoms with E-state index in [-0.39, 0.29) is 24.2 Å². The van der Waals surface area contributed by atoms with Gasteiger partial charge in [0, 0.05) is 19.6 Å². The number of ether oxygens (including phenoxy) is 3. The number of esters is 1. The summed E-state index contributed by atoms with van der Waals surface area (Å²) in [5.41, 5.74) is 2.18. The number of benzene rings is 1. The van der Waals surface area contributed by atoms with E-state index in [9.17, 15) is 9.59 Å². The number of aromatic nitrogens is 1. The van der Waals surface area contributed by atoms with E-state index in [1.807, 2.05) is 24.3 Å². The zero-order valence-electron chi connectivity index (χ0n) is 18.2. The normalized spacial score (nSPS) is 15.2. The first-order valence-corrected chi connectivity index (χ1v) is 10.4. The molecule has 1 fully saturated rings. The number of morpholine rings is 1. The van der Waals surface area contributed by atoms with Gasteiger partial charge in [-0.1, -0.05) is 12.1 Å². The van der Waals surface area contributed by atoms with Crippen molar-refractivity contribution in [3.63, 3.8) is 0 Å². The fraction of sp³-hybridized carbons (Fsp3) is 0.435. The first kappa shape index (κ1) is 22.7. The molecule has 1 saturated heterocycles. The van der Waals surface area contributed by atoms with Gasteiger partial charge in [-0.3, -0.25) is 9.69 Å². The van der Waals surface area contributed by atoms with Crippen LogP contribution in [0.1, 0.15) is 45.1 Å². The SMILES string of the molecule is CCOC(=O)c1ccc(C(=O)NCC(c2ccc(OC)cc2)N2CCOCC2)nc1C. The maximum atomic E-state index is 12.8. The molecule has 1 aromatic carbocycles. The zero-order valence-corrected chi connectivity index (χ0v) is 18.2. The summed E-state index contributed by atoms with van der Waals surface area (Å²) in [4.78, 5) is 31.3. The third kappa shape index (κ3) is 5.80. The number of hydrogen-bond donors (Lipinski definition) is 1. The number of methoxy groups -OCH3 is 1. The number of rotatable bonds is 8. The van der Waals surface area contributed by atoms with Crippen LogP contribution in [0.4, 0.5) is 0 Å². The topological polar surface area (TPSA) is 90.0 Å². The largest absolute Gasteiger partial charge is 0.497 e. The predicted molar refractivity (Wildman–Crippen MR) is 115 cm³/mol. The maximum absolute atomic E-state index is 12.8. The van der Waals surface area contributed by atoms with Gasteiger partial charge < -0.3 is 19.5 Å². The van der Waals surface area contributed by atoms with Crippen LogP contribution in [0.25, 0.3) is 0 Å². The molecule has 1 atom stereocenters. The molecule has 1 aliphatic heterocycles. The molecule has 2 heterocycles. The average molecular weight is 428 g/mol.